The fourth-order valence-electron chi connectivity index (χ4n) is 2.80. The van der Waals surface area contributed by atoms with Crippen LogP contribution in [0.1, 0.15) is 17.5 Å². The van der Waals surface area contributed by atoms with Crippen LogP contribution in [0.15, 0.2) is 42.5 Å². The Balaban J connectivity index is 1.62. The first-order valence-corrected chi connectivity index (χ1v) is 9.20. The van der Waals surface area contributed by atoms with Crippen LogP contribution in [0.2, 0.25) is 0 Å². The van der Waals surface area contributed by atoms with Crippen LogP contribution in [-0.4, -0.2) is 27.8 Å². The van der Waals surface area contributed by atoms with Crippen LogP contribution in [0, 0.1) is 17.5 Å². The number of aromatic nitrogens is 3. The minimum atomic E-state index is -0.254. The number of amides is 1. The minimum absolute atomic E-state index is 0.120. The van der Waals surface area contributed by atoms with Gasteiger partial charge < -0.3 is 10.1 Å². The molecule has 2 N–H and O–H groups in total. The maximum Gasteiger partial charge on any atom is 0.222 e. The van der Waals surface area contributed by atoms with E-state index in [4.69, 9.17) is 17.0 Å². The van der Waals surface area contributed by atoms with E-state index in [0.29, 0.717) is 29.2 Å². The Labute approximate surface area is 167 Å². The lowest BCUT2D eigenvalue weighted by Gasteiger charge is -2.09. The molecule has 0 saturated heterocycles. The summed E-state index contributed by atoms with van der Waals surface area (Å²) in [4.78, 5) is 12.2. The van der Waals surface area contributed by atoms with Crippen LogP contribution in [0.25, 0.3) is 11.4 Å². The maximum absolute atomic E-state index is 13.3. The van der Waals surface area contributed by atoms with Gasteiger partial charge in [-0.05, 0) is 60.6 Å². The highest BCUT2D eigenvalue weighted by atomic mass is 32.1. The van der Waals surface area contributed by atoms with E-state index in [9.17, 15) is 9.18 Å². The van der Waals surface area contributed by atoms with Gasteiger partial charge in [-0.15, -0.1) is 0 Å². The molecule has 0 saturated carbocycles. The number of nitrogens with one attached hydrogen (secondary N) is 2. The quantitative estimate of drug-likeness (QED) is 0.592. The molecule has 3 rings (SSSR count). The molecule has 28 heavy (non-hydrogen) atoms. The number of benzene rings is 2. The molecule has 0 atom stereocenters. The lowest BCUT2D eigenvalue weighted by atomic mass is 10.1. The molecule has 2 aromatic carbocycles. The van der Waals surface area contributed by atoms with E-state index in [0.717, 1.165) is 16.9 Å². The number of H-pyrrole nitrogens is 1. The summed E-state index contributed by atoms with van der Waals surface area (Å²) in [5, 5.41) is 9.89. The molecule has 0 aliphatic rings. The smallest absolute Gasteiger partial charge is 0.222 e. The van der Waals surface area contributed by atoms with Gasteiger partial charge in [0, 0.05) is 25.1 Å². The first-order valence-electron chi connectivity index (χ1n) is 8.79. The number of aryl methyl sites for hydroxylation is 1. The minimum Gasteiger partial charge on any atom is -0.497 e. The standard InChI is InChI=1S/C20H21FN4O2S/c1-13-11-14(3-8-17(13)21)12-22-18(26)9-10-25-19(23-24-20(25)28)15-4-6-16(27-2)7-5-15/h3-8,11H,9-10,12H2,1-2H3,(H,22,26)(H,24,28). The van der Waals surface area contributed by atoms with Crippen molar-refractivity contribution in [3.63, 3.8) is 0 Å². The summed E-state index contributed by atoms with van der Waals surface area (Å²) in [5.41, 5.74) is 2.28. The van der Waals surface area contributed by atoms with Crippen LogP contribution in [0.3, 0.4) is 0 Å². The number of nitrogens with zero attached hydrogens (tertiary/aromatic N) is 2. The molecule has 0 fully saturated rings. The Bertz CT molecular complexity index is 1030. The molecular formula is C20H21FN4O2S. The third-order valence-corrected chi connectivity index (χ3v) is 4.69. The third kappa shape index (κ3) is 4.64. The van der Waals surface area contributed by atoms with E-state index >= 15 is 0 Å². The summed E-state index contributed by atoms with van der Waals surface area (Å²) < 4.78 is 20.7. The van der Waals surface area contributed by atoms with Gasteiger partial charge in [0.05, 0.1) is 7.11 Å². The van der Waals surface area contributed by atoms with Gasteiger partial charge in [0.1, 0.15) is 11.6 Å². The molecule has 6 nitrogen and oxygen atoms in total. The molecule has 0 unspecified atom stereocenters. The van der Waals surface area contributed by atoms with Crippen molar-refractivity contribution in [2.75, 3.05) is 7.11 Å². The lowest BCUT2D eigenvalue weighted by Crippen LogP contribution is -2.24. The van der Waals surface area contributed by atoms with Crippen molar-refractivity contribution in [2.45, 2.75) is 26.4 Å². The molecule has 1 aromatic heterocycles. The van der Waals surface area contributed by atoms with Gasteiger partial charge in [-0.1, -0.05) is 12.1 Å². The zero-order chi connectivity index (χ0) is 20.1. The monoisotopic (exact) mass is 400 g/mol. The molecule has 1 amide bonds. The molecule has 3 aromatic rings. The van der Waals surface area contributed by atoms with E-state index in [1.807, 2.05) is 24.3 Å². The van der Waals surface area contributed by atoms with Gasteiger partial charge in [-0.3, -0.25) is 14.5 Å². The molecule has 0 aliphatic carbocycles. The predicted octanol–water partition coefficient (Wildman–Crippen LogP) is 3.77. The van der Waals surface area contributed by atoms with Crippen molar-refractivity contribution in [3.05, 3.63) is 64.2 Å². The van der Waals surface area contributed by atoms with Crippen LogP contribution in [0.5, 0.6) is 5.75 Å². The number of ether oxygens (including phenoxy) is 1. The van der Waals surface area contributed by atoms with Crippen molar-refractivity contribution in [1.82, 2.24) is 20.1 Å². The van der Waals surface area contributed by atoms with Gasteiger partial charge >= 0.3 is 0 Å². The average molecular weight is 400 g/mol. The topological polar surface area (TPSA) is 71.9 Å². The summed E-state index contributed by atoms with van der Waals surface area (Å²) in [5.74, 6) is 1.04. The van der Waals surface area contributed by atoms with Gasteiger partial charge in [-0.2, -0.15) is 5.10 Å². The molecule has 1 heterocycles. The second kappa shape index (κ2) is 8.79. The zero-order valence-corrected chi connectivity index (χ0v) is 16.5. The van der Waals surface area contributed by atoms with Gasteiger partial charge in [0.25, 0.3) is 0 Å². The van der Waals surface area contributed by atoms with Gasteiger partial charge in [-0.25, -0.2) is 4.39 Å². The maximum atomic E-state index is 13.3. The van der Waals surface area contributed by atoms with Gasteiger partial charge in [0.2, 0.25) is 5.91 Å². The van der Waals surface area contributed by atoms with Crippen molar-refractivity contribution >= 4 is 18.1 Å². The third-order valence-electron chi connectivity index (χ3n) is 4.38. The molecule has 8 heteroatoms. The number of hydrogen-bond acceptors (Lipinski definition) is 4. The number of carbonyl (C=O) groups excluding carboxylic acids is 1. The molecule has 146 valence electrons. The van der Waals surface area contributed by atoms with Gasteiger partial charge in [0.15, 0.2) is 10.6 Å². The Morgan fingerprint density at radius 2 is 2.04 bits per heavy atom. The largest absolute Gasteiger partial charge is 0.497 e. The molecule has 0 spiro atoms. The number of methoxy groups -OCH3 is 1. The second-order valence-corrected chi connectivity index (χ2v) is 6.73. The summed E-state index contributed by atoms with van der Waals surface area (Å²) in [7, 11) is 1.61. The normalized spacial score (nSPS) is 10.7. The first kappa shape index (κ1) is 19.8. The van der Waals surface area contributed by atoms with Crippen LogP contribution in [0.4, 0.5) is 4.39 Å². The number of rotatable bonds is 7. The predicted molar refractivity (Wildman–Crippen MR) is 107 cm³/mol. The Kier molecular flexibility index (Phi) is 6.20. The summed E-state index contributed by atoms with van der Waals surface area (Å²) in [6, 6.07) is 12.3. The zero-order valence-electron chi connectivity index (χ0n) is 15.7. The molecule has 0 bridgehead atoms. The van der Waals surface area contributed by atoms with Crippen molar-refractivity contribution in [2.24, 2.45) is 0 Å². The fraction of sp³-hybridized carbons (Fsp3) is 0.250. The van der Waals surface area contributed by atoms with E-state index in [1.54, 1.807) is 30.7 Å². The molecule has 0 aliphatic heterocycles. The summed E-state index contributed by atoms with van der Waals surface area (Å²) >= 11 is 5.29. The molecular weight excluding hydrogens is 379 g/mol. The Morgan fingerprint density at radius 3 is 2.71 bits per heavy atom. The number of aromatic amines is 1. The highest BCUT2D eigenvalue weighted by Crippen LogP contribution is 2.21. The number of hydrogen-bond donors (Lipinski definition) is 2. The number of carbonyl (C=O) groups is 1. The summed E-state index contributed by atoms with van der Waals surface area (Å²) in [6.07, 6.45) is 0.247. The Hall–Kier alpha value is -3.00. The van der Waals surface area contributed by atoms with E-state index in [2.05, 4.69) is 15.5 Å². The SMILES string of the molecule is COc1ccc(-c2n[nH]c(=S)n2CCC(=O)NCc2ccc(F)c(C)c2)cc1. The van der Waals surface area contributed by atoms with E-state index in [1.165, 1.54) is 6.07 Å². The van der Waals surface area contributed by atoms with Crippen LogP contribution >= 0.6 is 12.2 Å². The second-order valence-electron chi connectivity index (χ2n) is 6.34. The first-order chi connectivity index (χ1) is 13.5. The van der Waals surface area contributed by atoms with Crippen molar-refractivity contribution in [3.8, 4) is 17.1 Å². The number of halogens is 1. The highest BCUT2D eigenvalue weighted by molar-refractivity contribution is 7.71. The van der Waals surface area contributed by atoms with E-state index < -0.39 is 0 Å². The van der Waals surface area contributed by atoms with Crippen LogP contribution in [-0.2, 0) is 17.9 Å². The highest BCUT2D eigenvalue weighted by Gasteiger charge is 2.11. The molecule has 0 radical (unpaired) electrons. The van der Waals surface area contributed by atoms with E-state index in [-0.39, 0.29) is 18.1 Å². The van der Waals surface area contributed by atoms with Crippen LogP contribution < -0.4 is 10.1 Å². The van der Waals surface area contributed by atoms with Crippen molar-refractivity contribution < 1.29 is 13.9 Å². The average Bonchev–Trinajstić information content (AvgIpc) is 3.07. The lowest BCUT2D eigenvalue weighted by molar-refractivity contribution is -0.121. The summed E-state index contributed by atoms with van der Waals surface area (Å²) in [6.45, 7) is 2.44. The Morgan fingerprint density at radius 1 is 1.29 bits per heavy atom. The van der Waals surface area contributed by atoms with Crippen molar-refractivity contribution in [1.29, 1.82) is 0 Å². The fourth-order valence-corrected chi connectivity index (χ4v) is 3.03.